The van der Waals surface area contributed by atoms with Crippen LogP contribution in [0, 0.1) is 0 Å². The summed E-state index contributed by atoms with van der Waals surface area (Å²) in [5.41, 5.74) is 3.48. The molecule has 1 N–H and O–H groups in total. The smallest absolute Gasteiger partial charge is 0.273 e. The Bertz CT molecular complexity index is 1660. The van der Waals surface area contributed by atoms with E-state index >= 15 is 0 Å². The predicted octanol–water partition coefficient (Wildman–Crippen LogP) is 4.76. The van der Waals surface area contributed by atoms with Gasteiger partial charge in [0.2, 0.25) is 5.78 Å². The van der Waals surface area contributed by atoms with Crippen molar-refractivity contribution in [1.82, 2.24) is 4.68 Å². The summed E-state index contributed by atoms with van der Waals surface area (Å²) in [6, 6.07) is 23.0. The summed E-state index contributed by atoms with van der Waals surface area (Å²) in [5.74, 6) is -0.361. The highest BCUT2D eigenvalue weighted by atomic mass is 16.4. The zero-order valence-corrected chi connectivity index (χ0v) is 18.8. The lowest BCUT2D eigenvalue weighted by molar-refractivity contribution is -0.762. The van der Waals surface area contributed by atoms with Gasteiger partial charge in [-0.1, -0.05) is 51.8 Å². The van der Waals surface area contributed by atoms with Gasteiger partial charge in [0.05, 0.1) is 11.3 Å². The molecule has 0 unspecified atom stereocenters. The first-order valence-electron chi connectivity index (χ1n) is 11.3. The molecule has 0 saturated carbocycles. The second-order valence-electron chi connectivity index (χ2n) is 8.21. The van der Waals surface area contributed by atoms with Crippen LogP contribution in [0.4, 0.5) is 5.69 Å². The first-order chi connectivity index (χ1) is 17.1. The quantitative estimate of drug-likeness (QED) is 0.302. The van der Waals surface area contributed by atoms with E-state index < -0.39 is 0 Å². The molecular weight excluding hydrogens is 442 g/mol. The van der Waals surface area contributed by atoms with Crippen LogP contribution in [0.1, 0.15) is 44.7 Å². The molecule has 1 aliphatic carbocycles. The second kappa shape index (κ2) is 7.92. The van der Waals surface area contributed by atoms with Crippen LogP contribution in [0.2, 0.25) is 0 Å². The van der Waals surface area contributed by atoms with Gasteiger partial charge in [-0.3, -0.25) is 9.59 Å². The summed E-state index contributed by atoms with van der Waals surface area (Å²) >= 11 is 0. The number of rotatable bonds is 4. The van der Waals surface area contributed by atoms with E-state index in [2.05, 4.69) is 4.99 Å². The molecule has 170 valence electrons. The van der Waals surface area contributed by atoms with Crippen LogP contribution >= 0.6 is 0 Å². The van der Waals surface area contributed by atoms with Crippen LogP contribution in [-0.4, -0.2) is 27.6 Å². The lowest BCUT2D eigenvalue weighted by Crippen LogP contribution is -2.44. The minimum atomic E-state index is -0.310. The van der Waals surface area contributed by atoms with Crippen molar-refractivity contribution in [3.05, 3.63) is 107 Å². The molecule has 5 aromatic rings. The van der Waals surface area contributed by atoms with Crippen LogP contribution < -0.4 is 4.68 Å². The lowest BCUT2D eigenvalue weighted by atomic mass is 9.87. The number of phenolic OH excluding ortho intramolecular Hbond substituents is 1. The van der Waals surface area contributed by atoms with E-state index in [9.17, 15) is 14.7 Å². The molecule has 7 heteroatoms. The first kappa shape index (κ1) is 20.8. The number of carbonyl (C=O) groups is 2. The summed E-state index contributed by atoms with van der Waals surface area (Å²) < 4.78 is 10.0. The molecule has 0 bridgehead atoms. The summed E-state index contributed by atoms with van der Waals surface area (Å²) in [6.45, 7) is 2.55. The maximum absolute atomic E-state index is 13.6. The van der Waals surface area contributed by atoms with Crippen LogP contribution in [0.3, 0.4) is 0 Å². The highest BCUT2D eigenvalue weighted by Crippen LogP contribution is 2.37. The van der Waals surface area contributed by atoms with Gasteiger partial charge in [0, 0.05) is 11.1 Å². The fraction of sp³-hybridized carbons (Fsp3) is 0.0714. The molecule has 2 heterocycles. The van der Waals surface area contributed by atoms with Crippen molar-refractivity contribution < 1.29 is 23.8 Å². The summed E-state index contributed by atoms with van der Waals surface area (Å²) in [6.07, 6.45) is 1.67. The zero-order chi connectivity index (χ0) is 24.1. The van der Waals surface area contributed by atoms with Gasteiger partial charge >= 0.3 is 0 Å². The van der Waals surface area contributed by atoms with E-state index in [1.807, 2.05) is 46.6 Å². The van der Waals surface area contributed by atoms with E-state index in [1.165, 1.54) is 0 Å². The molecule has 0 spiro atoms. The number of aromatic hydroxyl groups is 1. The molecule has 35 heavy (non-hydrogen) atoms. The number of hydrogen-bond acceptors (Lipinski definition) is 5. The van der Waals surface area contributed by atoms with E-state index in [4.69, 9.17) is 4.42 Å². The van der Waals surface area contributed by atoms with Gasteiger partial charge in [-0.2, -0.15) is 0 Å². The molecule has 1 aliphatic rings. The molecule has 0 saturated heterocycles. The first-order valence-corrected chi connectivity index (χ1v) is 11.3. The van der Waals surface area contributed by atoms with E-state index in [-0.39, 0.29) is 28.6 Å². The fourth-order valence-electron chi connectivity index (χ4n) is 4.61. The molecule has 0 aliphatic heterocycles. The van der Waals surface area contributed by atoms with Crippen LogP contribution in [0.25, 0.3) is 16.8 Å². The third kappa shape index (κ3) is 3.13. The molecule has 2 aromatic heterocycles. The maximum atomic E-state index is 13.6. The van der Waals surface area contributed by atoms with E-state index in [1.54, 1.807) is 54.7 Å². The number of ketones is 2. The number of furan rings is 1. The number of aliphatic imine (C=N–C) groups is 1. The molecule has 0 radical (unpaired) electrons. The molecule has 0 atom stereocenters. The Morgan fingerprint density at radius 3 is 2.26 bits per heavy atom. The van der Waals surface area contributed by atoms with Gasteiger partial charge in [-0.25, -0.2) is 4.99 Å². The van der Waals surface area contributed by atoms with Gasteiger partial charge in [0.15, 0.2) is 18.1 Å². The van der Waals surface area contributed by atoms with Crippen molar-refractivity contribution in [2.75, 3.05) is 0 Å². The molecule has 7 nitrogen and oxygen atoms in total. The normalized spacial score (nSPS) is 12.9. The summed E-state index contributed by atoms with van der Waals surface area (Å²) in [7, 11) is 0. The Kier molecular flexibility index (Phi) is 4.70. The molecule has 0 amide bonds. The Morgan fingerprint density at radius 1 is 0.914 bits per heavy atom. The van der Waals surface area contributed by atoms with E-state index in [0.29, 0.717) is 40.2 Å². The van der Waals surface area contributed by atoms with Crippen molar-refractivity contribution in [3.8, 4) is 11.4 Å². The van der Waals surface area contributed by atoms with Gasteiger partial charge in [0.1, 0.15) is 23.0 Å². The summed E-state index contributed by atoms with van der Waals surface area (Å²) in [4.78, 5) is 31.6. The van der Waals surface area contributed by atoms with E-state index in [0.717, 1.165) is 5.69 Å². The van der Waals surface area contributed by atoms with Gasteiger partial charge in [-0.15, -0.1) is 0 Å². The number of hydrogen-bond donors (Lipinski definition) is 1. The minimum Gasteiger partial charge on any atom is -0.508 e. The van der Waals surface area contributed by atoms with Gasteiger partial charge < -0.3 is 9.52 Å². The third-order valence-corrected chi connectivity index (χ3v) is 6.19. The Morgan fingerprint density at radius 2 is 1.57 bits per heavy atom. The topological polar surface area (TPSA) is 88.7 Å². The third-order valence-electron chi connectivity index (χ3n) is 6.19. The number of carbonyl (C=O) groups excluding carboxylic acids is 2. The number of para-hydroxylation sites is 1. The van der Waals surface area contributed by atoms with Gasteiger partial charge in [0.25, 0.3) is 11.4 Å². The molecule has 3 aromatic carbocycles. The second-order valence-corrected chi connectivity index (χ2v) is 8.21. The van der Waals surface area contributed by atoms with Crippen molar-refractivity contribution >= 4 is 34.6 Å². The highest BCUT2D eigenvalue weighted by molar-refractivity contribution is 6.32. The molecular formula is C28H20N3O4+. The fourth-order valence-corrected chi connectivity index (χ4v) is 4.61. The largest absolute Gasteiger partial charge is 0.508 e. The average molecular weight is 462 g/mol. The van der Waals surface area contributed by atoms with Crippen molar-refractivity contribution in [3.63, 3.8) is 0 Å². The Labute approximate surface area is 200 Å². The van der Waals surface area contributed by atoms with Crippen LogP contribution in [0.15, 0.2) is 88.3 Å². The Balaban J connectivity index is 1.67. The van der Waals surface area contributed by atoms with Crippen molar-refractivity contribution in [2.45, 2.75) is 13.5 Å². The predicted molar refractivity (Wildman–Crippen MR) is 130 cm³/mol. The van der Waals surface area contributed by atoms with Gasteiger partial charge in [-0.05, 0) is 43.3 Å². The minimum absolute atomic E-state index is 0.0471. The number of nitrogens with zero attached hydrogens (tertiary/aromatic N) is 3. The SMILES string of the molecule is CC[n+]1c(C=Nc2ccc(O)cc2)c2c3c(oc2n1-c1ccccc1)C(=O)c1ccccc1C3=O. The zero-order valence-electron chi connectivity index (χ0n) is 18.8. The Hall–Kier alpha value is -4.78. The number of benzene rings is 3. The monoisotopic (exact) mass is 462 g/mol. The lowest BCUT2D eigenvalue weighted by Gasteiger charge is -2.12. The maximum Gasteiger partial charge on any atom is 0.273 e. The highest BCUT2D eigenvalue weighted by Gasteiger charge is 2.41. The van der Waals surface area contributed by atoms with Crippen molar-refractivity contribution in [1.29, 1.82) is 0 Å². The van der Waals surface area contributed by atoms with Crippen LogP contribution in [0.5, 0.6) is 5.75 Å². The number of fused-ring (bicyclic) bond motifs is 4. The summed E-state index contributed by atoms with van der Waals surface area (Å²) in [5, 5.41) is 10.1. The van der Waals surface area contributed by atoms with Crippen LogP contribution in [-0.2, 0) is 6.54 Å². The molecule has 0 fully saturated rings. The standard InChI is InChI=1S/C28H19N3O4/c1-2-30-22(16-29-17-12-14-19(32)15-13-17)23-24-25(33)20-10-6-7-11-21(20)26(34)27(24)35-28(23)31(30)18-8-4-3-5-9-18/h3-16H,2H2,1H3/p+1. The number of aromatic nitrogens is 2. The average Bonchev–Trinajstić information content (AvgIpc) is 3.42. The van der Waals surface area contributed by atoms with Crippen molar-refractivity contribution in [2.24, 2.45) is 4.99 Å². The molecule has 6 rings (SSSR count). The number of phenols is 1.